The van der Waals surface area contributed by atoms with Crippen LogP contribution in [0, 0.1) is 28.6 Å². The Morgan fingerprint density at radius 3 is 2.63 bits per heavy atom. The first-order valence-electron chi connectivity index (χ1n) is 10.7. The van der Waals surface area contributed by atoms with Gasteiger partial charge in [-0.15, -0.1) is 0 Å². The summed E-state index contributed by atoms with van der Waals surface area (Å²) in [6, 6.07) is 0. The number of hydrogen-bond donors (Lipinski definition) is 0. The number of allylic oxidation sites excluding steroid dienone is 2. The average molecular weight is 393 g/mol. The van der Waals surface area contributed by atoms with Crippen LogP contribution in [0.25, 0.3) is 0 Å². The van der Waals surface area contributed by atoms with E-state index in [0.717, 1.165) is 32.1 Å². The van der Waals surface area contributed by atoms with Gasteiger partial charge in [0.15, 0.2) is 11.6 Å². The highest BCUT2D eigenvalue weighted by molar-refractivity contribution is 7.93. The van der Waals surface area contributed by atoms with Crippen molar-refractivity contribution in [2.75, 3.05) is 19.5 Å². The molecule has 0 aromatic rings. The molecule has 4 nitrogen and oxygen atoms in total. The van der Waals surface area contributed by atoms with Gasteiger partial charge in [0.25, 0.3) is 0 Å². The van der Waals surface area contributed by atoms with Gasteiger partial charge in [0, 0.05) is 12.7 Å². The molecule has 5 rings (SSSR count). The maximum Gasteiger partial charge on any atom is 0.181 e. The number of carbonyl (C=O) groups is 1. The topological polar surface area (TPSA) is 44.8 Å². The summed E-state index contributed by atoms with van der Waals surface area (Å²) in [5, 5.41) is 0. The fourth-order valence-electron chi connectivity index (χ4n) is 7.39. The molecule has 1 heterocycles. The lowest BCUT2D eigenvalue weighted by Gasteiger charge is -2.56. The summed E-state index contributed by atoms with van der Waals surface area (Å²) in [7, 11) is 0. The Balaban J connectivity index is 1.50. The van der Waals surface area contributed by atoms with Crippen LogP contribution < -0.4 is 0 Å². The van der Waals surface area contributed by atoms with E-state index in [9.17, 15) is 4.79 Å². The van der Waals surface area contributed by atoms with Crippen LogP contribution in [0.3, 0.4) is 0 Å². The number of rotatable bonds is 2. The van der Waals surface area contributed by atoms with E-state index >= 15 is 0 Å². The van der Waals surface area contributed by atoms with Gasteiger partial charge in [-0.25, -0.2) is 0 Å². The number of ketones is 1. The number of ether oxygens (including phenoxy) is 2. The second-order valence-electron chi connectivity index (χ2n) is 9.72. The van der Waals surface area contributed by atoms with Gasteiger partial charge in [0.05, 0.1) is 24.7 Å². The third-order valence-corrected chi connectivity index (χ3v) is 9.37. The Morgan fingerprint density at radius 2 is 1.89 bits per heavy atom. The largest absolute Gasteiger partial charge is 0.346 e. The van der Waals surface area contributed by atoms with Crippen LogP contribution >= 0.6 is 12.0 Å². The van der Waals surface area contributed by atoms with Gasteiger partial charge < -0.3 is 13.7 Å². The fourth-order valence-corrected chi connectivity index (χ4v) is 7.84. The van der Waals surface area contributed by atoms with Crippen molar-refractivity contribution in [1.29, 1.82) is 0 Å². The zero-order valence-electron chi connectivity index (χ0n) is 16.8. The molecule has 2 unspecified atom stereocenters. The van der Waals surface area contributed by atoms with E-state index in [1.165, 1.54) is 30.5 Å². The van der Waals surface area contributed by atoms with Crippen LogP contribution in [0.1, 0.15) is 58.8 Å². The SMILES string of the molecule is CSO[C@@H]1CC[C@]2(C)C3=CC(=O)[C@@]4(C)C(CCC45OCCO5)C3CC[C@@H]2C1. The molecule has 150 valence electrons. The maximum atomic E-state index is 13.5. The smallest absolute Gasteiger partial charge is 0.181 e. The van der Waals surface area contributed by atoms with Crippen molar-refractivity contribution in [3.05, 3.63) is 11.6 Å². The van der Waals surface area contributed by atoms with Gasteiger partial charge in [0.2, 0.25) is 0 Å². The average Bonchev–Trinajstić information content (AvgIpc) is 3.24. The number of carbonyl (C=O) groups excluding carboxylic acids is 1. The lowest BCUT2D eigenvalue weighted by molar-refractivity contribution is -0.223. The highest BCUT2D eigenvalue weighted by Crippen LogP contribution is 2.66. The molecule has 0 radical (unpaired) electrons. The molecule has 6 atom stereocenters. The van der Waals surface area contributed by atoms with Crippen molar-refractivity contribution in [2.24, 2.45) is 28.6 Å². The van der Waals surface area contributed by atoms with Gasteiger partial charge in [-0.1, -0.05) is 12.5 Å². The molecule has 4 aliphatic carbocycles. The second-order valence-corrected chi connectivity index (χ2v) is 10.2. The summed E-state index contributed by atoms with van der Waals surface area (Å²) in [4.78, 5) is 13.5. The molecule has 27 heavy (non-hydrogen) atoms. The van der Waals surface area contributed by atoms with E-state index in [-0.39, 0.29) is 11.2 Å². The van der Waals surface area contributed by atoms with Crippen molar-refractivity contribution in [3.8, 4) is 0 Å². The lowest BCUT2D eigenvalue weighted by atomic mass is 9.48. The van der Waals surface area contributed by atoms with Gasteiger partial charge in [0.1, 0.15) is 0 Å². The summed E-state index contributed by atoms with van der Waals surface area (Å²) in [5.41, 5.74) is 1.09. The molecular weight excluding hydrogens is 360 g/mol. The monoisotopic (exact) mass is 392 g/mol. The van der Waals surface area contributed by atoms with E-state index < -0.39 is 11.2 Å². The van der Waals surface area contributed by atoms with Crippen molar-refractivity contribution >= 4 is 17.8 Å². The molecule has 0 aromatic heterocycles. The standard InChI is InChI=1S/C22H32O4S/c1-20-8-6-15(26-27-3)12-14(20)4-5-16-17-7-9-22(24-10-11-25-22)21(17,2)19(23)13-18(16)20/h13-17H,4-12H2,1-3H3/t14-,15-,16?,17?,20+,21-/m1/s1. The molecule has 0 aromatic carbocycles. The second kappa shape index (κ2) is 6.32. The Kier molecular flexibility index (Phi) is 4.36. The zero-order chi connectivity index (χ0) is 18.9. The molecule has 0 amide bonds. The quantitative estimate of drug-likeness (QED) is 0.646. The van der Waals surface area contributed by atoms with Crippen LogP contribution in [0.4, 0.5) is 0 Å². The highest BCUT2D eigenvalue weighted by atomic mass is 32.2. The van der Waals surface area contributed by atoms with E-state index in [0.29, 0.717) is 37.1 Å². The van der Waals surface area contributed by atoms with E-state index in [1.54, 1.807) is 0 Å². The molecule has 0 N–H and O–H groups in total. The summed E-state index contributed by atoms with van der Waals surface area (Å²) >= 11 is 1.50. The predicted molar refractivity (Wildman–Crippen MR) is 105 cm³/mol. The number of hydrogen-bond acceptors (Lipinski definition) is 5. The van der Waals surface area contributed by atoms with Crippen LogP contribution in [-0.2, 0) is 18.5 Å². The van der Waals surface area contributed by atoms with Crippen molar-refractivity contribution in [2.45, 2.75) is 70.7 Å². The van der Waals surface area contributed by atoms with Crippen LogP contribution in [0.15, 0.2) is 11.6 Å². The molecule has 1 spiro atoms. The van der Waals surface area contributed by atoms with Gasteiger partial charge in [-0.05, 0) is 86.7 Å². The molecule has 4 fully saturated rings. The summed E-state index contributed by atoms with van der Waals surface area (Å²) in [6.45, 7) is 5.79. The molecule has 5 aliphatic rings. The Labute approximate surface area is 167 Å². The molecule has 0 bridgehead atoms. The van der Waals surface area contributed by atoms with E-state index in [1.807, 2.05) is 12.3 Å². The van der Waals surface area contributed by atoms with Crippen LogP contribution in [-0.4, -0.2) is 37.1 Å². The fraction of sp³-hybridized carbons (Fsp3) is 0.864. The molecule has 5 heteroatoms. The third-order valence-electron chi connectivity index (χ3n) is 8.91. The predicted octanol–water partition coefficient (Wildman–Crippen LogP) is 4.53. The molecular formula is C22H32O4S. The minimum absolute atomic E-state index is 0.158. The van der Waals surface area contributed by atoms with E-state index in [4.69, 9.17) is 13.7 Å². The first kappa shape index (κ1) is 18.7. The Morgan fingerprint density at radius 1 is 1.11 bits per heavy atom. The molecule has 1 saturated heterocycles. The maximum absolute atomic E-state index is 13.5. The number of fused-ring (bicyclic) bond motifs is 6. The van der Waals surface area contributed by atoms with Crippen LogP contribution in [0.2, 0.25) is 0 Å². The molecule has 3 saturated carbocycles. The van der Waals surface area contributed by atoms with Crippen molar-refractivity contribution in [3.63, 3.8) is 0 Å². The minimum Gasteiger partial charge on any atom is -0.346 e. The van der Waals surface area contributed by atoms with Gasteiger partial charge in [-0.2, -0.15) is 0 Å². The minimum atomic E-state index is -0.668. The van der Waals surface area contributed by atoms with E-state index in [2.05, 4.69) is 13.8 Å². The first-order chi connectivity index (χ1) is 12.9. The van der Waals surface area contributed by atoms with Crippen LogP contribution in [0.5, 0.6) is 0 Å². The Bertz CT molecular complexity index is 669. The highest BCUT2D eigenvalue weighted by Gasteiger charge is 2.69. The zero-order valence-corrected chi connectivity index (χ0v) is 17.6. The molecule has 1 aliphatic heterocycles. The first-order valence-corrected chi connectivity index (χ1v) is 11.8. The third kappa shape index (κ3) is 2.38. The van der Waals surface area contributed by atoms with Gasteiger partial charge >= 0.3 is 0 Å². The van der Waals surface area contributed by atoms with Crippen molar-refractivity contribution < 1.29 is 18.5 Å². The summed E-state index contributed by atoms with van der Waals surface area (Å²) < 4.78 is 18.1. The normalized spacial score (nSPS) is 48.1. The Hall–Kier alpha value is -0.360. The van der Waals surface area contributed by atoms with Crippen molar-refractivity contribution in [1.82, 2.24) is 0 Å². The van der Waals surface area contributed by atoms with Gasteiger partial charge in [-0.3, -0.25) is 4.79 Å². The summed E-state index contributed by atoms with van der Waals surface area (Å²) in [5.74, 6) is 1.10. The summed E-state index contributed by atoms with van der Waals surface area (Å²) in [6.07, 6.45) is 12.2. The lowest BCUT2D eigenvalue weighted by Crippen LogP contribution is -2.57.